The molecule has 1 amide bonds. The van der Waals surface area contributed by atoms with Gasteiger partial charge in [0.1, 0.15) is 0 Å². The molecule has 2 fully saturated rings. The Morgan fingerprint density at radius 2 is 1.70 bits per heavy atom. The van der Waals surface area contributed by atoms with Crippen molar-refractivity contribution < 1.29 is 4.79 Å². The molecule has 1 saturated heterocycles. The van der Waals surface area contributed by atoms with E-state index in [2.05, 4.69) is 58.0 Å². The van der Waals surface area contributed by atoms with Crippen LogP contribution in [-0.4, -0.2) is 42.0 Å². The summed E-state index contributed by atoms with van der Waals surface area (Å²) in [6.07, 6.45) is 10.3. The van der Waals surface area contributed by atoms with Crippen LogP contribution >= 0.6 is 0 Å². The van der Waals surface area contributed by atoms with Gasteiger partial charge in [0.25, 0.3) is 0 Å². The Bertz CT molecular complexity index is 823. The Morgan fingerprint density at radius 3 is 2.50 bits per heavy atom. The second-order valence-corrected chi connectivity index (χ2v) is 9.12. The summed E-state index contributed by atoms with van der Waals surface area (Å²) in [5.41, 5.74) is 1.31. The molecule has 2 atom stereocenters. The van der Waals surface area contributed by atoms with E-state index in [1.54, 1.807) is 0 Å². The summed E-state index contributed by atoms with van der Waals surface area (Å²) in [7, 11) is 0. The molecule has 0 unspecified atom stereocenters. The molecule has 0 spiro atoms. The van der Waals surface area contributed by atoms with Gasteiger partial charge in [0.15, 0.2) is 0 Å². The van der Waals surface area contributed by atoms with Gasteiger partial charge >= 0.3 is 0 Å². The SMILES string of the molecule is CCNC(=O)[C@@H]1C[C@@H](NC2CCCCCCC2)CN1Cc1cccc2ccccc12. The maximum atomic E-state index is 12.9. The first-order chi connectivity index (χ1) is 14.7. The molecular weight excluding hydrogens is 370 g/mol. The molecule has 2 N–H and O–H groups in total. The Balaban J connectivity index is 1.48. The first-order valence-electron chi connectivity index (χ1n) is 12.0. The Hall–Kier alpha value is -1.91. The third kappa shape index (κ3) is 5.22. The van der Waals surface area contributed by atoms with Gasteiger partial charge in [-0.25, -0.2) is 0 Å². The molecule has 162 valence electrons. The van der Waals surface area contributed by atoms with Crippen LogP contribution < -0.4 is 10.6 Å². The zero-order chi connectivity index (χ0) is 20.8. The highest BCUT2D eigenvalue weighted by Gasteiger charge is 2.37. The highest BCUT2D eigenvalue weighted by atomic mass is 16.2. The molecule has 0 bridgehead atoms. The largest absolute Gasteiger partial charge is 0.355 e. The van der Waals surface area contributed by atoms with Crippen molar-refractivity contribution in [3.63, 3.8) is 0 Å². The summed E-state index contributed by atoms with van der Waals surface area (Å²) in [5.74, 6) is 0.180. The van der Waals surface area contributed by atoms with Gasteiger partial charge in [0, 0.05) is 31.7 Å². The highest BCUT2D eigenvalue weighted by Crippen LogP contribution is 2.26. The lowest BCUT2D eigenvalue weighted by atomic mass is 9.96. The van der Waals surface area contributed by atoms with Gasteiger partial charge in [-0.1, -0.05) is 74.6 Å². The van der Waals surface area contributed by atoms with E-state index < -0.39 is 0 Å². The Morgan fingerprint density at radius 1 is 0.967 bits per heavy atom. The van der Waals surface area contributed by atoms with Crippen LogP contribution in [-0.2, 0) is 11.3 Å². The predicted molar refractivity (Wildman–Crippen MR) is 124 cm³/mol. The van der Waals surface area contributed by atoms with Gasteiger partial charge in [0.05, 0.1) is 6.04 Å². The zero-order valence-corrected chi connectivity index (χ0v) is 18.4. The summed E-state index contributed by atoms with van der Waals surface area (Å²) in [5, 5.41) is 9.59. The number of fused-ring (bicyclic) bond motifs is 1. The fourth-order valence-corrected chi connectivity index (χ4v) is 5.37. The molecule has 1 aliphatic carbocycles. The molecule has 1 saturated carbocycles. The molecule has 4 heteroatoms. The van der Waals surface area contributed by atoms with E-state index in [0.29, 0.717) is 18.6 Å². The molecule has 30 heavy (non-hydrogen) atoms. The smallest absolute Gasteiger partial charge is 0.237 e. The van der Waals surface area contributed by atoms with Crippen LogP contribution in [0.3, 0.4) is 0 Å². The van der Waals surface area contributed by atoms with Gasteiger partial charge in [-0.05, 0) is 42.5 Å². The van der Waals surface area contributed by atoms with Gasteiger partial charge in [-0.2, -0.15) is 0 Å². The van der Waals surface area contributed by atoms with Gasteiger partial charge in [0.2, 0.25) is 5.91 Å². The van der Waals surface area contributed by atoms with Crippen LogP contribution in [0.1, 0.15) is 63.9 Å². The van der Waals surface area contributed by atoms with Crippen molar-refractivity contribution in [2.45, 2.75) is 83.0 Å². The molecule has 1 heterocycles. The molecule has 0 radical (unpaired) electrons. The summed E-state index contributed by atoms with van der Waals surface area (Å²) in [6.45, 7) is 4.47. The van der Waals surface area contributed by atoms with E-state index in [-0.39, 0.29) is 11.9 Å². The van der Waals surface area contributed by atoms with Crippen LogP contribution in [0.4, 0.5) is 0 Å². The highest BCUT2D eigenvalue weighted by molar-refractivity contribution is 5.86. The van der Waals surface area contributed by atoms with Gasteiger partial charge in [-0.3, -0.25) is 9.69 Å². The lowest BCUT2D eigenvalue weighted by Gasteiger charge is -2.25. The number of nitrogens with one attached hydrogen (secondary N) is 2. The third-order valence-corrected chi connectivity index (χ3v) is 6.89. The number of carbonyl (C=O) groups is 1. The van der Waals surface area contributed by atoms with Crippen molar-refractivity contribution in [2.75, 3.05) is 13.1 Å². The topological polar surface area (TPSA) is 44.4 Å². The van der Waals surface area contributed by atoms with E-state index in [9.17, 15) is 4.79 Å². The lowest BCUT2D eigenvalue weighted by Crippen LogP contribution is -2.42. The first-order valence-corrected chi connectivity index (χ1v) is 12.0. The van der Waals surface area contributed by atoms with E-state index >= 15 is 0 Å². The van der Waals surface area contributed by atoms with E-state index in [1.807, 2.05) is 6.92 Å². The Kier molecular flexibility index (Phi) is 7.40. The minimum Gasteiger partial charge on any atom is -0.355 e. The van der Waals surface area contributed by atoms with Crippen LogP contribution in [0.25, 0.3) is 10.8 Å². The Labute approximate surface area is 181 Å². The molecule has 4 nitrogen and oxygen atoms in total. The molecule has 4 rings (SSSR count). The van der Waals surface area contributed by atoms with E-state index in [0.717, 1.165) is 19.5 Å². The second kappa shape index (κ2) is 10.4. The average molecular weight is 408 g/mol. The predicted octanol–water partition coefficient (Wildman–Crippen LogP) is 4.62. The molecule has 2 aromatic carbocycles. The van der Waals surface area contributed by atoms with Crippen LogP contribution in [0.15, 0.2) is 42.5 Å². The lowest BCUT2D eigenvalue weighted by molar-refractivity contribution is -0.125. The quantitative estimate of drug-likeness (QED) is 0.734. The fourth-order valence-electron chi connectivity index (χ4n) is 5.37. The number of likely N-dealkylation sites (N-methyl/N-ethyl adjacent to an activating group) is 1. The number of amides is 1. The molecule has 2 aliphatic rings. The minimum atomic E-state index is -0.0463. The van der Waals surface area contributed by atoms with Crippen molar-refractivity contribution in [2.24, 2.45) is 0 Å². The number of benzene rings is 2. The maximum Gasteiger partial charge on any atom is 0.237 e. The van der Waals surface area contributed by atoms with Crippen molar-refractivity contribution in [3.05, 3.63) is 48.0 Å². The van der Waals surface area contributed by atoms with E-state index in [4.69, 9.17) is 0 Å². The number of hydrogen-bond acceptors (Lipinski definition) is 3. The van der Waals surface area contributed by atoms with Gasteiger partial charge in [-0.15, -0.1) is 0 Å². The van der Waals surface area contributed by atoms with Crippen molar-refractivity contribution in [1.82, 2.24) is 15.5 Å². The number of likely N-dealkylation sites (tertiary alicyclic amines) is 1. The van der Waals surface area contributed by atoms with Crippen molar-refractivity contribution in [3.8, 4) is 0 Å². The van der Waals surface area contributed by atoms with Crippen molar-refractivity contribution >= 4 is 16.7 Å². The first kappa shape index (κ1) is 21.3. The van der Waals surface area contributed by atoms with Gasteiger partial charge < -0.3 is 10.6 Å². The minimum absolute atomic E-state index is 0.0463. The molecule has 2 aromatic rings. The fraction of sp³-hybridized carbons (Fsp3) is 0.577. The number of rotatable bonds is 6. The standard InChI is InChI=1S/C26H37N3O/c1-2-27-26(30)25-17-23(28-22-14-6-4-3-5-7-15-22)19-29(25)18-21-13-10-12-20-11-8-9-16-24(20)21/h8-13,16,22-23,25,28H,2-7,14-15,17-19H2,1H3,(H,27,30)/t23-,25+/m1/s1. The third-order valence-electron chi connectivity index (χ3n) is 6.89. The summed E-state index contributed by atoms with van der Waals surface area (Å²) in [6, 6.07) is 16.1. The zero-order valence-electron chi connectivity index (χ0n) is 18.4. The monoisotopic (exact) mass is 407 g/mol. The normalized spacial score (nSPS) is 23.9. The molecular formula is C26H37N3O. The summed E-state index contributed by atoms with van der Waals surface area (Å²) < 4.78 is 0. The average Bonchev–Trinajstić information content (AvgIpc) is 3.13. The second-order valence-electron chi connectivity index (χ2n) is 9.12. The number of carbonyl (C=O) groups excluding carboxylic acids is 1. The van der Waals surface area contributed by atoms with Crippen LogP contribution in [0.5, 0.6) is 0 Å². The number of nitrogens with zero attached hydrogens (tertiary/aromatic N) is 1. The van der Waals surface area contributed by atoms with Crippen molar-refractivity contribution in [1.29, 1.82) is 0 Å². The summed E-state index contributed by atoms with van der Waals surface area (Å²) >= 11 is 0. The summed E-state index contributed by atoms with van der Waals surface area (Å²) in [4.78, 5) is 15.3. The number of hydrogen-bond donors (Lipinski definition) is 2. The van der Waals surface area contributed by atoms with Crippen LogP contribution in [0, 0.1) is 0 Å². The molecule has 0 aromatic heterocycles. The van der Waals surface area contributed by atoms with E-state index in [1.165, 1.54) is 61.3 Å². The molecule has 1 aliphatic heterocycles. The van der Waals surface area contributed by atoms with Crippen LogP contribution in [0.2, 0.25) is 0 Å². The maximum absolute atomic E-state index is 12.9.